The van der Waals surface area contributed by atoms with Crippen molar-refractivity contribution in [3.05, 3.63) is 87.0 Å². The molecule has 7 nitrogen and oxygen atoms in total. The van der Waals surface area contributed by atoms with Crippen molar-refractivity contribution in [3.8, 4) is 11.5 Å². The van der Waals surface area contributed by atoms with Gasteiger partial charge < -0.3 is 20.1 Å². The van der Waals surface area contributed by atoms with Crippen LogP contribution in [0.25, 0.3) is 11.0 Å². The molecule has 3 aromatic carbocycles. The highest BCUT2D eigenvalue weighted by molar-refractivity contribution is 9.10. The third kappa shape index (κ3) is 4.13. The molecule has 0 fully saturated rings. The Kier molecular flexibility index (Phi) is 6.17. The summed E-state index contributed by atoms with van der Waals surface area (Å²) in [5.41, 5.74) is 4.43. The summed E-state index contributed by atoms with van der Waals surface area (Å²) in [6, 6.07) is 18.7. The number of amides is 1. The predicted octanol–water partition coefficient (Wildman–Crippen LogP) is 6.40. The molecule has 2 heterocycles. The van der Waals surface area contributed by atoms with Crippen LogP contribution in [0.15, 0.2) is 76.4 Å². The lowest BCUT2D eigenvalue weighted by molar-refractivity contribution is -0.113. The Hall–Kier alpha value is -3.49. The number of allylic oxidation sites excluding steroid dienone is 1. The minimum atomic E-state index is -0.410. The second-order valence-corrected chi connectivity index (χ2v) is 9.38. The molecule has 1 aromatic heterocycles. The number of methoxy groups -OCH3 is 2. The maximum atomic E-state index is 13.9. The highest BCUT2D eigenvalue weighted by Gasteiger charge is 2.34. The molecule has 0 aliphatic carbocycles. The van der Waals surface area contributed by atoms with Crippen molar-refractivity contribution in [3.63, 3.8) is 0 Å². The zero-order valence-corrected chi connectivity index (χ0v) is 21.6. The molecule has 2 N–H and O–H groups in total. The number of fused-ring (bicyclic) bond motifs is 3. The first-order valence-electron chi connectivity index (χ1n) is 10.8. The van der Waals surface area contributed by atoms with Gasteiger partial charge in [0.05, 0.1) is 47.6 Å². The molecule has 35 heavy (non-hydrogen) atoms. The van der Waals surface area contributed by atoms with Gasteiger partial charge in [-0.15, -0.1) is 0 Å². The summed E-state index contributed by atoms with van der Waals surface area (Å²) in [5.74, 6) is 1.26. The van der Waals surface area contributed by atoms with E-state index in [-0.39, 0.29) is 5.91 Å². The van der Waals surface area contributed by atoms with E-state index in [4.69, 9.17) is 26.1 Å². The third-order valence-corrected chi connectivity index (χ3v) is 6.81. The number of hydrogen-bond acceptors (Lipinski definition) is 5. The van der Waals surface area contributed by atoms with Crippen molar-refractivity contribution in [1.29, 1.82) is 0 Å². The van der Waals surface area contributed by atoms with Crippen molar-refractivity contribution in [1.82, 2.24) is 9.55 Å². The van der Waals surface area contributed by atoms with Crippen LogP contribution in [-0.4, -0.2) is 29.7 Å². The smallest absolute Gasteiger partial charge is 0.255 e. The maximum absolute atomic E-state index is 13.9. The Morgan fingerprint density at radius 3 is 2.51 bits per heavy atom. The van der Waals surface area contributed by atoms with Crippen LogP contribution in [0.2, 0.25) is 5.02 Å². The fourth-order valence-electron chi connectivity index (χ4n) is 4.37. The highest BCUT2D eigenvalue weighted by Crippen LogP contribution is 2.41. The van der Waals surface area contributed by atoms with Gasteiger partial charge in [0.1, 0.15) is 11.5 Å². The van der Waals surface area contributed by atoms with Gasteiger partial charge in [-0.05, 0) is 36.8 Å². The SMILES string of the molecule is COc1cc(NC(=O)C2=C(C)Nc3nc4ccccc4n3[C@@H]2c2ccc(Br)cc2)c(OC)cc1Cl. The van der Waals surface area contributed by atoms with E-state index in [0.717, 1.165) is 21.1 Å². The van der Waals surface area contributed by atoms with Gasteiger partial charge in [0, 0.05) is 22.3 Å². The Morgan fingerprint density at radius 2 is 1.80 bits per heavy atom. The second kappa shape index (κ2) is 9.28. The number of halogens is 2. The minimum absolute atomic E-state index is 0.283. The van der Waals surface area contributed by atoms with E-state index < -0.39 is 6.04 Å². The summed E-state index contributed by atoms with van der Waals surface area (Å²) in [6.45, 7) is 1.88. The number of carbonyl (C=O) groups excluding carboxylic acids is 1. The van der Waals surface area contributed by atoms with Crippen molar-refractivity contribution in [2.45, 2.75) is 13.0 Å². The first-order chi connectivity index (χ1) is 16.9. The zero-order valence-electron chi connectivity index (χ0n) is 19.2. The summed E-state index contributed by atoms with van der Waals surface area (Å²) >= 11 is 9.76. The average Bonchev–Trinajstić information content (AvgIpc) is 3.22. The number of nitrogens with zero attached hydrogens (tertiary/aromatic N) is 2. The van der Waals surface area contributed by atoms with Crippen molar-refractivity contribution in [2.24, 2.45) is 0 Å². The van der Waals surface area contributed by atoms with E-state index >= 15 is 0 Å². The number of aromatic nitrogens is 2. The van der Waals surface area contributed by atoms with Gasteiger partial charge in [-0.1, -0.05) is 51.8 Å². The van der Waals surface area contributed by atoms with Crippen LogP contribution in [0.3, 0.4) is 0 Å². The number of benzene rings is 3. The molecule has 0 saturated heterocycles. The molecule has 1 amide bonds. The number of carbonyl (C=O) groups is 1. The summed E-state index contributed by atoms with van der Waals surface area (Å²) in [4.78, 5) is 18.6. The molecule has 4 aromatic rings. The molecular weight excluding hydrogens is 532 g/mol. The summed E-state index contributed by atoms with van der Waals surface area (Å²) in [6.07, 6.45) is 0. The van der Waals surface area contributed by atoms with E-state index in [1.54, 1.807) is 12.1 Å². The van der Waals surface area contributed by atoms with Crippen molar-refractivity contribution >= 4 is 56.1 Å². The lowest BCUT2D eigenvalue weighted by Crippen LogP contribution is -2.31. The quantitative estimate of drug-likeness (QED) is 0.299. The molecule has 1 aliphatic heterocycles. The fraction of sp³-hybridized carbons (Fsp3) is 0.154. The van der Waals surface area contributed by atoms with Crippen LogP contribution in [0.5, 0.6) is 11.5 Å². The summed E-state index contributed by atoms with van der Waals surface area (Å²) in [5, 5.41) is 6.71. The lowest BCUT2D eigenvalue weighted by atomic mass is 9.94. The number of nitrogens with one attached hydrogen (secondary N) is 2. The van der Waals surface area contributed by atoms with Crippen LogP contribution in [0, 0.1) is 0 Å². The van der Waals surface area contributed by atoms with Gasteiger partial charge in [-0.3, -0.25) is 9.36 Å². The number of hydrogen-bond donors (Lipinski definition) is 2. The molecule has 0 saturated carbocycles. The molecule has 178 valence electrons. The van der Waals surface area contributed by atoms with Gasteiger partial charge in [0.15, 0.2) is 0 Å². The van der Waals surface area contributed by atoms with Crippen LogP contribution in [-0.2, 0) is 4.79 Å². The molecule has 0 unspecified atom stereocenters. The van der Waals surface area contributed by atoms with Crippen LogP contribution < -0.4 is 20.1 Å². The lowest BCUT2D eigenvalue weighted by Gasteiger charge is -2.31. The number of imidazole rings is 1. The molecule has 0 radical (unpaired) electrons. The average molecular weight is 554 g/mol. The number of ether oxygens (including phenoxy) is 2. The molecular formula is C26H22BrClN4O3. The van der Waals surface area contributed by atoms with Crippen molar-refractivity contribution < 1.29 is 14.3 Å². The van der Waals surface area contributed by atoms with E-state index in [1.807, 2.05) is 55.5 Å². The predicted molar refractivity (Wildman–Crippen MR) is 142 cm³/mol. The first-order valence-corrected chi connectivity index (χ1v) is 12.0. The largest absolute Gasteiger partial charge is 0.495 e. The van der Waals surface area contributed by atoms with Gasteiger partial charge in [0.25, 0.3) is 5.91 Å². The topological polar surface area (TPSA) is 77.4 Å². The molecule has 1 atom stereocenters. The number of anilines is 2. The summed E-state index contributed by atoms with van der Waals surface area (Å²) in [7, 11) is 3.04. The first kappa shape index (κ1) is 23.3. The Morgan fingerprint density at radius 1 is 1.09 bits per heavy atom. The molecule has 5 rings (SSSR count). The second-order valence-electron chi connectivity index (χ2n) is 8.05. The monoisotopic (exact) mass is 552 g/mol. The van der Waals surface area contributed by atoms with Crippen LogP contribution in [0.4, 0.5) is 11.6 Å². The molecule has 1 aliphatic rings. The van der Waals surface area contributed by atoms with Crippen molar-refractivity contribution in [2.75, 3.05) is 24.9 Å². The molecule has 0 bridgehead atoms. The third-order valence-electron chi connectivity index (χ3n) is 5.98. The van der Waals surface area contributed by atoms with Crippen LogP contribution >= 0.6 is 27.5 Å². The number of rotatable bonds is 5. The van der Waals surface area contributed by atoms with Gasteiger partial charge in [-0.2, -0.15) is 0 Å². The molecule has 9 heteroatoms. The Balaban J connectivity index is 1.64. The number of para-hydroxylation sites is 2. The zero-order chi connectivity index (χ0) is 24.7. The van der Waals surface area contributed by atoms with E-state index in [0.29, 0.717) is 39.4 Å². The Bertz CT molecular complexity index is 1480. The summed E-state index contributed by atoms with van der Waals surface area (Å²) < 4.78 is 13.8. The standard InChI is InChI=1S/C26H22BrClN4O3/c1-14-23(25(33)30-19-13-21(34-2)17(28)12-22(19)35-3)24(15-8-10-16(27)11-9-15)32-20-7-5-4-6-18(20)31-26(32)29-14/h4-13,24H,1-3H3,(H,29,31)(H,30,33)/t24-/m1/s1. The van der Waals surface area contributed by atoms with Gasteiger partial charge in [0.2, 0.25) is 5.95 Å². The Labute approximate surface area is 215 Å². The minimum Gasteiger partial charge on any atom is -0.495 e. The van der Waals surface area contributed by atoms with E-state index in [9.17, 15) is 4.79 Å². The normalized spacial score (nSPS) is 14.9. The highest BCUT2D eigenvalue weighted by atomic mass is 79.9. The fourth-order valence-corrected chi connectivity index (χ4v) is 4.86. The van der Waals surface area contributed by atoms with Gasteiger partial charge >= 0.3 is 0 Å². The molecule has 0 spiro atoms. The maximum Gasteiger partial charge on any atom is 0.255 e. The van der Waals surface area contributed by atoms with Gasteiger partial charge in [-0.25, -0.2) is 4.98 Å². The van der Waals surface area contributed by atoms with E-state index in [1.165, 1.54) is 14.2 Å². The van der Waals surface area contributed by atoms with Crippen LogP contribution in [0.1, 0.15) is 18.5 Å². The van der Waals surface area contributed by atoms with E-state index in [2.05, 4.69) is 31.1 Å².